The summed E-state index contributed by atoms with van der Waals surface area (Å²) in [6.07, 6.45) is 1.19. The highest BCUT2D eigenvalue weighted by atomic mass is 19.3. The van der Waals surface area contributed by atoms with Crippen LogP contribution in [0.1, 0.15) is 30.4 Å². The van der Waals surface area contributed by atoms with Crippen LogP contribution < -0.4 is 0 Å². The van der Waals surface area contributed by atoms with Crippen LogP contribution in [0.2, 0.25) is 0 Å². The lowest BCUT2D eigenvalue weighted by Gasteiger charge is -2.30. The van der Waals surface area contributed by atoms with Crippen molar-refractivity contribution in [3.63, 3.8) is 0 Å². The minimum atomic E-state index is -2.90. The molecule has 2 aromatic rings. The third kappa shape index (κ3) is 3.69. The van der Waals surface area contributed by atoms with Crippen molar-refractivity contribution in [2.45, 2.75) is 31.4 Å². The van der Waals surface area contributed by atoms with Gasteiger partial charge in [0.15, 0.2) is 0 Å². The second-order valence-corrected chi connectivity index (χ2v) is 7.14. The molecule has 5 nitrogen and oxygen atoms in total. The van der Waals surface area contributed by atoms with Crippen LogP contribution in [0.25, 0.3) is 11.1 Å². The fourth-order valence-electron chi connectivity index (χ4n) is 3.66. The Kier molecular flexibility index (Phi) is 4.97. The van der Waals surface area contributed by atoms with E-state index in [0.29, 0.717) is 50.3 Å². The van der Waals surface area contributed by atoms with Gasteiger partial charge < -0.3 is 9.47 Å². The fourth-order valence-corrected chi connectivity index (χ4v) is 3.66. The van der Waals surface area contributed by atoms with Crippen molar-refractivity contribution >= 4 is 6.09 Å². The van der Waals surface area contributed by atoms with Crippen LogP contribution in [0.4, 0.5) is 18.0 Å². The normalized spacial score (nSPS) is 18.7. The summed E-state index contributed by atoms with van der Waals surface area (Å²) in [4.78, 5) is 18.0. The van der Waals surface area contributed by atoms with Gasteiger partial charge in [-0.05, 0) is 29.3 Å². The molecule has 0 unspecified atom stereocenters. The largest absolute Gasteiger partial charge is 0.441 e. The second-order valence-electron chi connectivity index (χ2n) is 7.14. The first kappa shape index (κ1) is 18.7. The number of hydrogen-bond donors (Lipinski definition) is 0. The first-order chi connectivity index (χ1) is 13.5. The van der Waals surface area contributed by atoms with E-state index in [9.17, 15) is 18.0 Å². The molecule has 2 aliphatic heterocycles. The van der Waals surface area contributed by atoms with Gasteiger partial charge in [0.1, 0.15) is 11.4 Å². The maximum atomic E-state index is 13.5. The van der Waals surface area contributed by atoms with E-state index in [4.69, 9.17) is 9.47 Å². The van der Waals surface area contributed by atoms with Crippen molar-refractivity contribution in [2.75, 3.05) is 19.8 Å². The summed E-state index contributed by atoms with van der Waals surface area (Å²) < 4.78 is 50.4. The number of halogens is 3. The van der Waals surface area contributed by atoms with Crippen LogP contribution in [0.3, 0.4) is 0 Å². The molecule has 2 aliphatic rings. The van der Waals surface area contributed by atoms with E-state index in [1.165, 1.54) is 12.3 Å². The number of nitrogens with zero attached hydrogens (tertiary/aromatic N) is 2. The van der Waals surface area contributed by atoms with Crippen LogP contribution in [0.5, 0.6) is 0 Å². The standard InChI is InChI=1S/C20H19F3N2O3/c21-17-2-1-14(8-16(17)18(22)23)15-7-13(9-24-10-15)11-25-12-20(28-19(25)26)3-5-27-6-4-20/h1-2,7-10,18H,3-6,11-12H2. The summed E-state index contributed by atoms with van der Waals surface area (Å²) in [6.45, 7) is 1.90. The van der Waals surface area contributed by atoms with Gasteiger partial charge in [-0.1, -0.05) is 6.07 Å². The van der Waals surface area contributed by atoms with Crippen molar-refractivity contribution in [3.8, 4) is 11.1 Å². The highest BCUT2D eigenvalue weighted by molar-refractivity contribution is 5.71. The summed E-state index contributed by atoms with van der Waals surface area (Å²) in [5, 5.41) is 0. The zero-order valence-electron chi connectivity index (χ0n) is 15.0. The van der Waals surface area contributed by atoms with Crippen molar-refractivity contribution in [1.82, 2.24) is 9.88 Å². The lowest BCUT2D eigenvalue weighted by atomic mass is 9.94. The van der Waals surface area contributed by atoms with Gasteiger partial charge in [0, 0.05) is 30.8 Å². The molecule has 1 amide bonds. The number of aromatic nitrogens is 1. The van der Waals surface area contributed by atoms with Crippen LogP contribution in [0.15, 0.2) is 36.7 Å². The van der Waals surface area contributed by atoms with E-state index in [1.807, 2.05) is 0 Å². The third-order valence-electron chi connectivity index (χ3n) is 5.18. The SMILES string of the molecule is O=C1OC2(CCOCC2)CN1Cc1cncc(-c2ccc(F)c(C(F)F)c2)c1. The molecule has 148 valence electrons. The van der Waals surface area contributed by atoms with Gasteiger partial charge in [0.05, 0.1) is 31.9 Å². The summed E-state index contributed by atoms with van der Waals surface area (Å²) >= 11 is 0. The van der Waals surface area contributed by atoms with Gasteiger partial charge in [0.2, 0.25) is 0 Å². The summed E-state index contributed by atoms with van der Waals surface area (Å²) in [5.74, 6) is -0.940. The molecule has 28 heavy (non-hydrogen) atoms. The second kappa shape index (κ2) is 7.43. The van der Waals surface area contributed by atoms with Crippen molar-refractivity contribution in [3.05, 3.63) is 53.6 Å². The van der Waals surface area contributed by atoms with Gasteiger partial charge in [-0.2, -0.15) is 0 Å². The van der Waals surface area contributed by atoms with E-state index in [2.05, 4.69) is 4.98 Å². The fraction of sp³-hybridized carbons (Fsp3) is 0.400. The Morgan fingerprint density at radius 1 is 1.14 bits per heavy atom. The Bertz CT molecular complexity index is 885. The number of ether oxygens (including phenoxy) is 2. The average molecular weight is 392 g/mol. The number of hydrogen-bond acceptors (Lipinski definition) is 4. The third-order valence-corrected chi connectivity index (χ3v) is 5.18. The monoisotopic (exact) mass is 392 g/mol. The number of alkyl halides is 2. The Morgan fingerprint density at radius 2 is 1.93 bits per heavy atom. The van der Waals surface area contributed by atoms with E-state index in [0.717, 1.165) is 17.7 Å². The number of carbonyl (C=O) groups excluding carboxylic acids is 1. The Hall–Kier alpha value is -2.61. The molecule has 0 N–H and O–H groups in total. The predicted octanol–water partition coefficient (Wildman–Crippen LogP) is 4.33. The van der Waals surface area contributed by atoms with E-state index in [1.54, 1.807) is 17.2 Å². The van der Waals surface area contributed by atoms with Crippen LogP contribution in [0, 0.1) is 5.82 Å². The van der Waals surface area contributed by atoms with Crippen LogP contribution in [-0.2, 0) is 16.0 Å². The van der Waals surface area contributed by atoms with Gasteiger partial charge in [-0.25, -0.2) is 18.0 Å². The van der Waals surface area contributed by atoms with Crippen LogP contribution >= 0.6 is 0 Å². The molecule has 1 aromatic carbocycles. The molecule has 0 bridgehead atoms. The van der Waals surface area contributed by atoms with E-state index >= 15 is 0 Å². The zero-order valence-corrected chi connectivity index (χ0v) is 15.0. The average Bonchev–Trinajstić information content (AvgIpc) is 2.97. The van der Waals surface area contributed by atoms with E-state index in [-0.39, 0.29) is 6.09 Å². The van der Waals surface area contributed by atoms with Gasteiger partial charge in [-0.15, -0.1) is 0 Å². The molecular formula is C20H19F3N2O3. The molecule has 3 heterocycles. The molecule has 0 atom stereocenters. The molecule has 8 heteroatoms. The summed E-state index contributed by atoms with van der Waals surface area (Å²) in [5.41, 5.74) is 0.612. The molecule has 1 spiro atoms. The van der Waals surface area contributed by atoms with Crippen molar-refractivity contribution in [2.24, 2.45) is 0 Å². The van der Waals surface area contributed by atoms with Gasteiger partial charge >= 0.3 is 6.09 Å². The molecule has 0 saturated carbocycles. The van der Waals surface area contributed by atoms with E-state index < -0.39 is 23.4 Å². The highest BCUT2D eigenvalue weighted by Crippen LogP contribution is 2.33. The number of amides is 1. The molecular weight excluding hydrogens is 373 g/mol. The molecule has 0 radical (unpaired) electrons. The maximum Gasteiger partial charge on any atom is 0.410 e. The van der Waals surface area contributed by atoms with Gasteiger partial charge in [-0.3, -0.25) is 9.88 Å². The molecule has 0 aliphatic carbocycles. The Morgan fingerprint density at radius 3 is 2.68 bits per heavy atom. The van der Waals surface area contributed by atoms with Crippen molar-refractivity contribution in [1.29, 1.82) is 0 Å². The lowest BCUT2D eigenvalue weighted by Crippen LogP contribution is -2.40. The number of benzene rings is 1. The smallest absolute Gasteiger partial charge is 0.410 e. The number of pyridine rings is 1. The lowest BCUT2D eigenvalue weighted by molar-refractivity contribution is -0.0437. The molecule has 1 aromatic heterocycles. The predicted molar refractivity (Wildman–Crippen MR) is 94.3 cm³/mol. The topological polar surface area (TPSA) is 51.7 Å². The number of rotatable bonds is 4. The highest BCUT2D eigenvalue weighted by Gasteiger charge is 2.45. The van der Waals surface area contributed by atoms with Crippen LogP contribution in [-0.4, -0.2) is 41.3 Å². The van der Waals surface area contributed by atoms with Crippen molar-refractivity contribution < 1.29 is 27.4 Å². The minimum Gasteiger partial charge on any atom is -0.441 e. The quantitative estimate of drug-likeness (QED) is 0.777. The minimum absolute atomic E-state index is 0.297. The Balaban J connectivity index is 1.53. The summed E-state index contributed by atoms with van der Waals surface area (Å²) in [7, 11) is 0. The number of carbonyl (C=O) groups is 1. The zero-order chi connectivity index (χ0) is 19.7. The first-order valence-corrected chi connectivity index (χ1v) is 9.03. The summed E-state index contributed by atoms with van der Waals surface area (Å²) in [6, 6.07) is 5.35. The van der Waals surface area contributed by atoms with Gasteiger partial charge in [0.25, 0.3) is 6.43 Å². The molecule has 2 saturated heterocycles. The molecule has 4 rings (SSSR count). The maximum absolute atomic E-state index is 13.5. The first-order valence-electron chi connectivity index (χ1n) is 9.03. The Labute approximate surface area is 160 Å². The molecule has 2 fully saturated rings.